The van der Waals surface area contributed by atoms with Gasteiger partial charge in [0.2, 0.25) is 0 Å². The van der Waals surface area contributed by atoms with Gasteiger partial charge in [-0.15, -0.1) is 0 Å². The van der Waals surface area contributed by atoms with Crippen LogP contribution in [0, 0.1) is 0 Å². The Hall–Kier alpha value is -0.770. The van der Waals surface area contributed by atoms with Crippen molar-refractivity contribution in [2.24, 2.45) is 0 Å². The second-order valence-corrected chi connectivity index (χ2v) is 3.32. The van der Waals surface area contributed by atoms with Crippen molar-refractivity contribution in [2.75, 3.05) is 5.32 Å². The molecule has 0 saturated heterocycles. The Morgan fingerprint density at radius 1 is 1.70 bits per heavy atom. The van der Waals surface area contributed by atoms with Crippen molar-refractivity contribution in [1.29, 1.82) is 0 Å². The molecule has 0 atom stereocenters. The lowest BCUT2D eigenvalue weighted by Crippen LogP contribution is -2.03. The van der Waals surface area contributed by atoms with E-state index in [1.807, 2.05) is 5.38 Å². The van der Waals surface area contributed by atoms with E-state index in [2.05, 4.69) is 10.3 Å². The van der Waals surface area contributed by atoms with E-state index >= 15 is 0 Å². The molecule has 0 aliphatic heterocycles. The van der Waals surface area contributed by atoms with Crippen LogP contribution in [0.25, 0.3) is 0 Å². The van der Waals surface area contributed by atoms with Gasteiger partial charge in [-0.25, -0.2) is 0 Å². The molecule has 0 amide bonds. The summed E-state index contributed by atoms with van der Waals surface area (Å²) in [5, 5.41) is 5.01. The van der Waals surface area contributed by atoms with Crippen LogP contribution in [0.2, 0.25) is 0 Å². The maximum atomic E-state index is 10.6. The minimum absolute atomic E-state index is 0.0168. The van der Waals surface area contributed by atoms with Crippen molar-refractivity contribution >= 4 is 17.2 Å². The number of rotatable bonds is 2. The van der Waals surface area contributed by atoms with Crippen molar-refractivity contribution in [3.05, 3.63) is 15.0 Å². The molecular formula is C6H8N2OS. The smallest absolute Gasteiger partial charge is 0.306 e. The Morgan fingerprint density at radius 3 is 3.00 bits per heavy atom. The van der Waals surface area contributed by atoms with E-state index in [1.165, 1.54) is 24.2 Å². The number of anilines is 1. The fraction of sp³-hybridized carbons (Fsp3) is 0.500. The summed E-state index contributed by atoms with van der Waals surface area (Å²) in [6.45, 7) is 0. The van der Waals surface area contributed by atoms with Gasteiger partial charge in [0.1, 0.15) is 5.82 Å². The average Bonchev–Trinajstić information content (AvgIpc) is 2.59. The summed E-state index contributed by atoms with van der Waals surface area (Å²) in [5.74, 6) is 0.873. The number of aromatic nitrogens is 1. The Balaban J connectivity index is 2.10. The van der Waals surface area contributed by atoms with Crippen molar-refractivity contribution < 1.29 is 0 Å². The molecule has 0 bridgehead atoms. The topological polar surface area (TPSA) is 44.9 Å². The molecule has 54 valence electrons. The van der Waals surface area contributed by atoms with Gasteiger partial charge in [-0.05, 0) is 12.8 Å². The molecule has 0 radical (unpaired) electrons. The monoisotopic (exact) mass is 156 g/mol. The van der Waals surface area contributed by atoms with Gasteiger partial charge in [0, 0.05) is 11.4 Å². The lowest BCUT2D eigenvalue weighted by atomic mass is 10.6. The third-order valence-electron chi connectivity index (χ3n) is 1.46. The molecule has 1 aliphatic rings. The number of aromatic amines is 1. The van der Waals surface area contributed by atoms with Gasteiger partial charge in [-0.2, -0.15) is 0 Å². The highest BCUT2D eigenvalue weighted by atomic mass is 32.1. The van der Waals surface area contributed by atoms with Gasteiger partial charge in [0.15, 0.2) is 0 Å². The highest BCUT2D eigenvalue weighted by Crippen LogP contribution is 2.23. The van der Waals surface area contributed by atoms with Gasteiger partial charge in [-0.1, -0.05) is 11.3 Å². The molecule has 1 heterocycles. The summed E-state index contributed by atoms with van der Waals surface area (Å²) in [6.07, 6.45) is 2.47. The van der Waals surface area contributed by atoms with Crippen LogP contribution in [0.5, 0.6) is 0 Å². The van der Waals surface area contributed by atoms with E-state index in [1.54, 1.807) is 0 Å². The van der Waals surface area contributed by atoms with Crippen molar-refractivity contribution in [3.8, 4) is 0 Å². The first-order chi connectivity index (χ1) is 4.84. The lowest BCUT2D eigenvalue weighted by Gasteiger charge is -1.96. The highest BCUT2D eigenvalue weighted by molar-refractivity contribution is 7.07. The molecule has 3 nitrogen and oxygen atoms in total. The van der Waals surface area contributed by atoms with Crippen LogP contribution in [0.3, 0.4) is 0 Å². The van der Waals surface area contributed by atoms with Crippen molar-refractivity contribution in [3.63, 3.8) is 0 Å². The fourth-order valence-corrected chi connectivity index (χ4v) is 1.32. The van der Waals surface area contributed by atoms with E-state index in [0.717, 1.165) is 5.82 Å². The van der Waals surface area contributed by atoms with Crippen LogP contribution in [0.1, 0.15) is 12.8 Å². The summed E-state index contributed by atoms with van der Waals surface area (Å²) in [4.78, 5) is 13.3. The van der Waals surface area contributed by atoms with Crippen LogP contribution in [-0.4, -0.2) is 11.0 Å². The van der Waals surface area contributed by atoms with Crippen LogP contribution in [-0.2, 0) is 0 Å². The minimum Gasteiger partial charge on any atom is -0.368 e. The standard InChI is InChI=1S/C6H8N2OS/c9-6-8-5(3-10-6)7-4-1-2-4/h3-4,7H,1-2H2,(H,8,9). The molecule has 1 aliphatic carbocycles. The molecule has 0 spiro atoms. The summed E-state index contributed by atoms with van der Waals surface area (Å²) in [5.41, 5.74) is 0. The third kappa shape index (κ3) is 1.21. The predicted octanol–water partition coefficient (Wildman–Crippen LogP) is 1.01. The normalized spacial score (nSPS) is 17.2. The van der Waals surface area contributed by atoms with Gasteiger partial charge in [0.25, 0.3) is 0 Å². The predicted molar refractivity (Wildman–Crippen MR) is 41.6 cm³/mol. The summed E-state index contributed by atoms with van der Waals surface area (Å²) >= 11 is 1.20. The van der Waals surface area contributed by atoms with Gasteiger partial charge in [-0.3, -0.25) is 9.78 Å². The summed E-state index contributed by atoms with van der Waals surface area (Å²) in [6, 6.07) is 0.616. The quantitative estimate of drug-likeness (QED) is 0.671. The molecular weight excluding hydrogens is 148 g/mol. The maximum Gasteiger partial charge on any atom is 0.306 e. The second-order valence-electron chi connectivity index (χ2n) is 2.48. The summed E-state index contributed by atoms with van der Waals surface area (Å²) in [7, 11) is 0. The van der Waals surface area contributed by atoms with Gasteiger partial charge >= 0.3 is 4.87 Å². The van der Waals surface area contributed by atoms with Crippen LogP contribution >= 0.6 is 11.3 Å². The lowest BCUT2D eigenvalue weighted by molar-refractivity contribution is 1.12. The average molecular weight is 156 g/mol. The largest absolute Gasteiger partial charge is 0.368 e. The van der Waals surface area contributed by atoms with E-state index in [4.69, 9.17) is 0 Å². The molecule has 1 saturated carbocycles. The van der Waals surface area contributed by atoms with E-state index in [-0.39, 0.29) is 4.87 Å². The molecule has 1 aromatic rings. The van der Waals surface area contributed by atoms with E-state index in [9.17, 15) is 4.79 Å². The number of hydrogen-bond acceptors (Lipinski definition) is 3. The van der Waals surface area contributed by atoms with E-state index < -0.39 is 0 Å². The second kappa shape index (κ2) is 2.12. The van der Waals surface area contributed by atoms with Crippen molar-refractivity contribution in [2.45, 2.75) is 18.9 Å². The molecule has 2 N–H and O–H groups in total. The zero-order valence-corrected chi connectivity index (χ0v) is 6.20. The molecule has 1 aromatic heterocycles. The molecule has 2 rings (SSSR count). The highest BCUT2D eigenvalue weighted by Gasteiger charge is 2.20. The Morgan fingerprint density at radius 2 is 2.50 bits per heavy atom. The molecule has 4 heteroatoms. The Bertz CT molecular complexity index is 273. The molecule has 10 heavy (non-hydrogen) atoms. The van der Waals surface area contributed by atoms with E-state index in [0.29, 0.717) is 6.04 Å². The molecule has 0 unspecified atom stereocenters. The Kier molecular flexibility index (Phi) is 1.27. The SMILES string of the molecule is O=c1[nH]c(NC2CC2)cs1. The zero-order chi connectivity index (χ0) is 6.97. The maximum absolute atomic E-state index is 10.6. The third-order valence-corrected chi connectivity index (χ3v) is 2.13. The van der Waals surface area contributed by atoms with Crippen LogP contribution in [0.15, 0.2) is 10.2 Å². The first-order valence-corrected chi connectivity index (χ1v) is 4.17. The Labute approximate surface area is 62.1 Å². The number of H-pyrrole nitrogens is 1. The fourth-order valence-electron chi connectivity index (χ4n) is 0.799. The zero-order valence-electron chi connectivity index (χ0n) is 5.39. The first-order valence-electron chi connectivity index (χ1n) is 3.29. The number of hydrogen-bond donors (Lipinski definition) is 2. The van der Waals surface area contributed by atoms with Gasteiger partial charge in [0.05, 0.1) is 0 Å². The molecule has 0 aromatic carbocycles. The number of thiazole rings is 1. The van der Waals surface area contributed by atoms with Crippen LogP contribution < -0.4 is 10.2 Å². The minimum atomic E-state index is 0.0168. The van der Waals surface area contributed by atoms with Crippen LogP contribution in [0.4, 0.5) is 5.82 Å². The van der Waals surface area contributed by atoms with Crippen molar-refractivity contribution in [1.82, 2.24) is 4.98 Å². The summed E-state index contributed by atoms with van der Waals surface area (Å²) < 4.78 is 0. The van der Waals surface area contributed by atoms with Gasteiger partial charge < -0.3 is 5.32 Å². The molecule has 1 fully saturated rings. The number of nitrogens with one attached hydrogen (secondary N) is 2. The first kappa shape index (κ1) is 5.97.